The molecule has 0 unspecified atom stereocenters. The average molecular weight is 979 g/mol. The maximum absolute atomic E-state index is 7.85. The molecule has 0 bridgehead atoms. The highest BCUT2D eigenvalue weighted by molar-refractivity contribution is 6.95. The first-order chi connectivity index (χ1) is 36.1. The van der Waals surface area contributed by atoms with Gasteiger partial charge in [-0.1, -0.05) is 172 Å². The Morgan fingerprint density at radius 3 is 1.84 bits per heavy atom. The quantitative estimate of drug-likeness (QED) is 0.149. The number of rotatable bonds is 7. The first kappa shape index (κ1) is 46.3. The van der Waals surface area contributed by atoms with Crippen LogP contribution in [0.25, 0.3) is 66.3 Å². The number of fused-ring (bicyclic) bond motifs is 12. The molecule has 4 aliphatic rings. The first-order valence-electron chi connectivity index (χ1n) is 27.8. The van der Waals surface area contributed by atoms with Gasteiger partial charge < -0.3 is 13.6 Å². The lowest BCUT2D eigenvalue weighted by Crippen LogP contribution is -2.61. The van der Waals surface area contributed by atoms with Gasteiger partial charge in [-0.3, -0.25) is 4.90 Å². The SMILES string of the molecule is CCCCc1ccc(N2c3oc4cc5c(cc4c3B3c4c(cc6oc7ccccc7c6c42)-c2ccc(-c4ccccc4)cc2N3c2ccc3c(c2)C(C)(C)CCC3(C)C)C(C)(C)CCC5(C)C)c(-c2ccccc2)c1. The van der Waals surface area contributed by atoms with Gasteiger partial charge in [0.1, 0.15) is 16.7 Å². The first-order valence-corrected chi connectivity index (χ1v) is 27.8. The van der Waals surface area contributed by atoms with Crippen molar-refractivity contribution in [3.8, 4) is 33.4 Å². The third-order valence-electron chi connectivity index (χ3n) is 18.6. The second kappa shape index (κ2) is 16.4. The molecule has 372 valence electrons. The highest BCUT2D eigenvalue weighted by Crippen LogP contribution is 2.56. The van der Waals surface area contributed by atoms with Gasteiger partial charge in [0.15, 0.2) is 0 Å². The molecule has 0 amide bonds. The van der Waals surface area contributed by atoms with Crippen molar-refractivity contribution in [2.45, 2.75) is 129 Å². The minimum atomic E-state index is -0.279. The Morgan fingerprint density at radius 2 is 1.12 bits per heavy atom. The van der Waals surface area contributed by atoms with Crippen molar-refractivity contribution < 1.29 is 8.83 Å². The van der Waals surface area contributed by atoms with Gasteiger partial charge in [-0.2, -0.15) is 0 Å². The standard InChI is InChI=1S/C70H67BN2O2/c1-10-11-20-43-27-32-57(50(37-43)45-23-16-13-17-24-45)72-65-62-49-25-18-19-26-59(49)74-61(62)41-51-48-30-28-46(44-21-14-12-15-22-44)38-58(48)73(47-29-31-53-54(39-47)68(4,5)34-33-67(53,2)3)71(63(51)65)64-52-40-55-56(42-60(52)75-66(64)72)70(8,9)36-35-69(55,6)7/h12-19,21-32,37-42H,10-11,20,33-36H2,1-9H3. The molecule has 0 N–H and O–H groups in total. The fourth-order valence-electron chi connectivity index (χ4n) is 14.0. The zero-order valence-electron chi connectivity index (χ0n) is 45.2. The van der Waals surface area contributed by atoms with E-state index in [2.05, 4.69) is 230 Å². The van der Waals surface area contributed by atoms with E-state index in [0.29, 0.717) is 0 Å². The summed E-state index contributed by atoms with van der Waals surface area (Å²) < 4.78 is 14.9. The summed E-state index contributed by atoms with van der Waals surface area (Å²) in [4.78, 5) is 5.27. The van der Waals surface area contributed by atoms with Gasteiger partial charge in [-0.05, 0) is 170 Å². The Morgan fingerprint density at radius 1 is 0.467 bits per heavy atom. The predicted molar refractivity (Wildman–Crippen MR) is 317 cm³/mol. The minimum Gasteiger partial charge on any atom is -0.456 e. The summed E-state index contributed by atoms with van der Waals surface area (Å²) in [5, 5.41) is 3.39. The van der Waals surface area contributed by atoms with Crippen molar-refractivity contribution in [2.75, 3.05) is 9.71 Å². The number of hydrogen-bond donors (Lipinski definition) is 0. The molecule has 2 aromatic heterocycles. The minimum absolute atomic E-state index is 0.00173. The summed E-state index contributed by atoms with van der Waals surface area (Å²) in [5.41, 5.74) is 24.0. The number of furan rings is 2. The summed E-state index contributed by atoms with van der Waals surface area (Å²) in [6, 6.07) is 59.9. The van der Waals surface area contributed by atoms with Gasteiger partial charge >= 0.3 is 6.85 Å². The number of hydrogen-bond acceptors (Lipinski definition) is 4. The summed E-state index contributed by atoms with van der Waals surface area (Å²) in [6.07, 6.45) is 7.85. The topological polar surface area (TPSA) is 32.8 Å². The third-order valence-corrected chi connectivity index (χ3v) is 18.6. The van der Waals surface area contributed by atoms with E-state index in [1.165, 1.54) is 88.9 Å². The lowest BCUT2D eigenvalue weighted by Gasteiger charge is -2.46. The van der Waals surface area contributed by atoms with Crippen LogP contribution in [-0.2, 0) is 28.1 Å². The van der Waals surface area contributed by atoms with E-state index in [-0.39, 0.29) is 28.5 Å². The molecular weight excluding hydrogens is 912 g/mol. The highest BCUT2D eigenvalue weighted by atomic mass is 16.4. The van der Waals surface area contributed by atoms with Crippen LogP contribution in [-0.4, -0.2) is 6.85 Å². The maximum Gasteiger partial charge on any atom is 0.337 e. The van der Waals surface area contributed by atoms with Crippen LogP contribution >= 0.6 is 0 Å². The van der Waals surface area contributed by atoms with E-state index in [1.807, 2.05) is 0 Å². The van der Waals surface area contributed by atoms with E-state index in [0.717, 1.165) is 89.7 Å². The molecule has 2 aliphatic carbocycles. The van der Waals surface area contributed by atoms with Crippen molar-refractivity contribution in [3.63, 3.8) is 0 Å². The predicted octanol–water partition coefficient (Wildman–Crippen LogP) is 18.4. The van der Waals surface area contributed by atoms with E-state index >= 15 is 0 Å². The molecule has 0 radical (unpaired) electrons. The Labute approximate surface area is 443 Å². The zero-order valence-corrected chi connectivity index (χ0v) is 45.2. The number of nitrogens with zero attached hydrogens (tertiary/aromatic N) is 2. The summed E-state index contributed by atoms with van der Waals surface area (Å²) >= 11 is 0. The van der Waals surface area contributed by atoms with Crippen molar-refractivity contribution in [1.29, 1.82) is 0 Å². The smallest absolute Gasteiger partial charge is 0.337 e. The number of benzene rings is 8. The third kappa shape index (κ3) is 6.95. The molecule has 5 heteroatoms. The van der Waals surface area contributed by atoms with Crippen LogP contribution in [0.15, 0.2) is 167 Å². The molecule has 75 heavy (non-hydrogen) atoms. The van der Waals surface area contributed by atoms with E-state index in [4.69, 9.17) is 8.83 Å². The zero-order chi connectivity index (χ0) is 51.3. The molecule has 10 aromatic rings. The van der Waals surface area contributed by atoms with Crippen molar-refractivity contribution in [1.82, 2.24) is 0 Å². The van der Waals surface area contributed by atoms with E-state index in [1.54, 1.807) is 0 Å². The number of unbranched alkanes of at least 4 members (excludes halogenated alkanes) is 1. The average Bonchev–Trinajstić information content (AvgIpc) is 4.25. The largest absolute Gasteiger partial charge is 0.456 e. The molecule has 4 nitrogen and oxygen atoms in total. The Bertz CT molecular complexity index is 3960. The molecular formula is C70H67BN2O2. The molecule has 0 saturated carbocycles. The van der Waals surface area contributed by atoms with Crippen LogP contribution in [0.2, 0.25) is 0 Å². The van der Waals surface area contributed by atoms with Crippen LogP contribution in [0.3, 0.4) is 0 Å². The molecule has 0 spiro atoms. The van der Waals surface area contributed by atoms with Gasteiger partial charge in [-0.25, -0.2) is 0 Å². The van der Waals surface area contributed by atoms with Gasteiger partial charge in [-0.15, -0.1) is 0 Å². The number of aryl methyl sites for hydroxylation is 1. The number of anilines is 5. The molecule has 0 fully saturated rings. The Balaban J connectivity index is 1.17. The summed E-state index contributed by atoms with van der Waals surface area (Å²) in [7, 11) is 0. The molecule has 2 aliphatic heterocycles. The Kier molecular flexibility index (Phi) is 10.1. The summed E-state index contributed by atoms with van der Waals surface area (Å²) in [5.74, 6) is 0.870. The lowest BCUT2D eigenvalue weighted by atomic mass is 9.43. The van der Waals surface area contributed by atoms with Gasteiger partial charge in [0, 0.05) is 38.7 Å². The van der Waals surface area contributed by atoms with Gasteiger partial charge in [0.05, 0.1) is 16.8 Å². The molecule has 4 heterocycles. The molecule has 8 aromatic carbocycles. The highest BCUT2D eigenvalue weighted by Gasteiger charge is 2.51. The fraction of sp³-hybridized carbons (Fsp3) is 0.286. The van der Waals surface area contributed by atoms with E-state index < -0.39 is 0 Å². The summed E-state index contributed by atoms with van der Waals surface area (Å²) in [6.45, 7) is 21.6. The lowest BCUT2D eigenvalue weighted by molar-refractivity contribution is 0.332. The van der Waals surface area contributed by atoms with Gasteiger partial charge in [0.2, 0.25) is 5.88 Å². The second-order valence-electron chi connectivity index (χ2n) is 25.2. The Hall–Kier alpha value is -7.24. The van der Waals surface area contributed by atoms with Crippen molar-refractivity contribution in [2.24, 2.45) is 0 Å². The fourth-order valence-corrected chi connectivity index (χ4v) is 14.0. The van der Waals surface area contributed by atoms with Crippen LogP contribution in [0.5, 0.6) is 0 Å². The van der Waals surface area contributed by atoms with Crippen LogP contribution in [0.1, 0.15) is 129 Å². The molecule has 0 atom stereocenters. The van der Waals surface area contributed by atoms with Crippen molar-refractivity contribution >= 4 is 79.3 Å². The van der Waals surface area contributed by atoms with Crippen molar-refractivity contribution in [3.05, 3.63) is 186 Å². The van der Waals surface area contributed by atoms with Crippen LogP contribution < -0.4 is 20.6 Å². The normalized spacial score (nSPS) is 17.4. The van der Waals surface area contributed by atoms with Gasteiger partial charge in [0.25, 0.3) is 0 Å². The molecule has 0 saturated heterocycles. The number of para-hydroxylation sites is 1. The maximum atomic E-state index is 7.85. The van der Waals surface area contributed by atoms with Crippen LogP contribution in [0, 0.1) is 0 Å². The molecule has 14 rings (SSSR count). The van der Waals surface area contributed by atoms with E-state index in [9.17, 15) is 0 Å². The van der Waals surface area contributed by atoms with Crippen LogP contribution in [0.4, 0.5) is 28.6 Å². The monoisotopic (exact) mass is 979 g/mol. The second-order valence-corrected chi connectivity index (χ2v) is 25.2.